The lowest BCUT2D eigenvalue weighted by Gasteiger charge is -2.33. The fourth-order valence-electron chi connectivity index (χ4n) is 1.03. The van der Waals surface area contributed by atoms with Crippen molar-refractivity contribution < 1.29 is 8.78 Å². The maximum atomic E-state index is 12.8. The van der Waals surface area contributed by atoms with E-state index < -0.39 is 11.8 Å². The van der Waals surface area contributed by atoms with E-state index in [0.29, 0.717) is 13.0 Å². The van der Waals surface area contributed by atoms with Crippen LogP contribution in [0.2, 0.25) is 0 Å². The zero-order chi connectivity index (χ0) is 9.78. The maximum Gasteiger partial charge on any atom is 0.264 e. The molecule has 1 nitrogen and oxygen atoms in total. The molecule has 0 aromatic rings. The van der Waals surface area contributed by atoms with Crippen molar-refractivity contribution in [2.45, 2.75) is 33.1 Å². The van der Waals surface area contributed by atoms with E-state index in [1.165, 1.54) is 4.31 Å². The predicted octanol–water partition coefficient (Wildman–Crippen LogP) is 2.83. The molecule has 0 radical (unpaired) electrons. The van der Waals surface area contributed by atoms with Gasteiger partial charge in [-0.25, -0.2) is 13.1 Å². The summed E-state index contributed by atoms with van der Waals surface area (Å²) in [6.45, 7) is 6.04. The van der Waals surface area contributed by atoms with E-state index in [2.05, 4.69) is 12.8 Å². The van der Waals surface area contributed by atoms with Crippen molar-refractivity contribution >= 4 is 12.8 Å². The zero-order valence-electron chi connectivity index (χ0n) is 7.85. The first kappa shape index (κ1) is 12.2. The van der Waals surface area contributed by atoms with Crippen molar-refractivity contribution in [2.24, 2.45) is 5.92 Å². The molecule has 1 aliphatic heterocycles. The van der Waals surface area contributed by atoms with E-state index in [0.717, 1.165) is 0 Å². The Hall–Kier alpha value is 0.170. The highest BCUT2D eigenvalue weighted by molar-refractivity contribution is 7.77. The Morgan fingerprint density at radius 3 is 2.25 bits per heavy atom. The highest BCUT2D eigenvalue weighted by atomic mass is 32.1. The second-order valence-corrected chi connectivity index (χ2v) is 3.40. The molecule has 1 unspecified atom stereocenters. The zero-order valence-corrected chi connectivity index (χ0v) is 8.74. The standard InChI is InChI=1S/C6H11F2NS.C2H6/c1-5-2-3-9(10)4-6(5,7)8;1-2/h5,10H,2-4H2,1H3;1-2H3. The number of halogens is 2. The van der Waals surface area contributed by atoms with Crippen LogP contribution in [0.1, 0.15) is 27.2 Å². The molecular weight excluding hydrogens is 180 g/mol. The van der Waals surface area contributed by atoms with Crippen LogP contribution in [0.25, 0.3) is 0 Å². The van der Waals surface area contributed by atoms with E-state index in [1.807, 2.05) is 13.8 Å². The molecular formula is C8H17F2NS. The lowest BCUT2D eigenvalue weighted by atomic mass is 9.96. The summed E-state index contributed by atoms with van der Waals surface area (Å²) in [6, 6.07) is 0. The molecule has 0 aromatic heterocycles. The molecule has 1 saturated heterocycles. The average molecular weight is 197 g/mol. The van der Waals surface area contributed by atoms with Gasteiger partial charge in [0.05, 0.1) is 6.54 Å². The number of alkyl halides is 2. The van der Waals surface area contributed by atoms with Crippen molar-refractivity contribution in [3.63, 3.8) is 0 Å². The first-order valence-electron chi connectivity index (χ1n) is 4.34. The molecule has 0 spiro atoms. The van der Waals surface area contributed by atoms with Crippen LogP contribution in [0.5, 0.6) is 0 Å². The van der Waals surface area contributed by atoms with Crippen molar-refractivity contribution in [2.75, 3.05) is 13.1 Å². The number of nitrogens with zero attached hydrogens (tertiary/aromatic N) is 1. The molecule has 1 aliphatic rings. The van der Waals surface area contributed by atoms with Gasteiger partial charge in [0.2, 0.25) is 0 Å². The molecule has 4 heteroatoms. The summed E-state index contributed by atoms with van der Waals surface area (Å²) in [7, 11) is 0. The van der Waals surface area contributed by atoms with Crippen molar-refractivity contribution in [1.29, 1.82) is 0 Å². The van der Waals surface area contributed by atoms with Gasteiger partial charge in [-0.2, -0.15) is 0 Å². The van der Waals surface area contributed by atoms with Gasteiger partial charge in [0, 0.05) is 12.5 Å². The van der Waals surface area contributed by atoms with Crippen LogP contribution in [-0.4, -0.2) is 23.3 Å². The Morgan fingerprint density at radius 2 is 1.92 bits per heavy atom. The minimum absolute atomic E-state index is 0.211. The largest absolute Gasteiger partial charge is 0.264 e. The number of thiol groups is 1. The Balaban J connectivity index is 0.000000561. The topological polar surface area (TPSA) is 3.24 Å². The Morgan fingerprint density at radius 1 is 1.42 bits per heavy atom. The molecule has 0 aliphatic carbocycles. The Kier molecular flexibility index (Phi) is 5.09. The Bertz CT molecular complexity index is 130. The van der Waals surface area contributed by atoms with Gasteiger partial charge in [-0.1, -0.05) is 33.6 Å². The molecule has 0 saturated carbocycles. The van der Waals surface area contributed by atoms with Gasteiger partial charge < -0.3 is 0 Å². The molecule has 74 valence electrons. The third-order valence-corrected chi connectivity index (χ3v) is 2.28. The lowest BCUT2D eigenvalue weighted by molar-refractivity contribution is -0.0841. The minimum Gasteiger partial charge on any atom is -0.247 e. The minimum atomic E-state index is -2.54. The number of hydrogen-bond donors (Lipinski definition) is 1. The second-order valence-electron chi connectivity index (χ2n) is 2.84. The van der Waals surface area contributed by atoms with Gasteiger partial charge in [-0.3, -0.25) is 0 Å². The van der Waals surface area contributed by atoms with Crippen LogP contribution in [0.4, 0.5) is 8.78 Å². The quantitative estimate of drug-likeness (QED) is 0.584. The molecule has 12 heavy (non-hydrogen) atoms. The number of piperidine rings is 1. The van der Waals surface area contributed by atoms with Gasteiger partial charge >= 0.3 is 0 Å². The molecule has 1 atom stereocenters. The maximum absolute atomic E-state index is 12.8. The second kappa shape index (κ2) is 5.02. The molecule has 0 N–H and O–H groups in total. The van der Waals surface area contributed by atoms with Crippen LogP contribution in [0.15, 0.2) is 0 Å². The van der Waals surface area contributed by atoms with Gasteiger partial charge in [-0.05, 0) is 6.42 Å². The van der Waals surface area contributed by atoms with Gasteiger partial charge in [0.1, 0.15) is 0 Å². The molecule has 0 amide bonds. The SMILES string of the molecule is CC.CC1CCN(S)CC1(F)F. The first-order valence-corrected chi connectivity index (χ1v) is 4.74. The number of rotatable bonds is 0. The van der Waals surface area contributed by atoms with Crippen LogP contribution in [0.3, 0.4) is 0 Å². The number of hydrogen-bond acceptors (Lipinski definition) is 2. The van der Waals surface area contributed by atoms with Gasteiger partial charge in [0.15, 0.2) is 0 Å². The summed E-state index contributed by atoms with van der Waals surface area (Å²) in [6.07, 6.45) is 0.538. The summed E-state index contributed by atoms with van der Waals surface area (Å²) in [5, 5.41) is 0. The van der Waals surface area contributed by atoms with E-state index in [1.54, 1.807) is 6.92 Å². The fourth-order valence-corrected chi connectivity index (χ4v) is 1.34. The molecule has 1 heterocycles. The van der Waals surface area contributed by atoms with Crippen LogP contribution < -0.4 is 0 Å². The third kappa shape index (κ3) is 3.27. The average Bonchev–Trinajstić information content (AvgIpc) is 2.01. The van der Waals surface area contributed by atoms with Gasteiger partial charge in [0.25, 0.3) is 5.92 Å². The van der Waals surface area contributed by atoms with E-state index in [4.69, 9.17) is 0 Å². The smallest absolute Gasteiger partial charge is 0.247 e. The summed E-state index contributed by atoms with van der Waals surface area (Å²) >= 11 is 3.87. The first-order chi connectivity index (χ1) is 5.52. The third-order valence-electron chi connectivity index (χ3n) is 1.93. The fraction of sp³-hybridized carbons (Fsp3) is 1.00. The summed E-state index contributed by atoms with van der Waals surface area (Å²) in [5.41, 5.74) is 0. The summed E-state index contributed by atoms with van der Waals surface area (Å²) in [4.78, 5) is 0. The van der Waals surface area contributed by atoms with E-state index in [9.17, 15) is 8.78 Å². The molecule has 1 rings (SSSR count). The Labute approximate surface area is 78.7 Å². The predicted molar refractivity (Wildman–Crippen MR) is 50.6 cm³/mol. The highest BCUT2D eigenvalue weighted by Gasteiger charge is 2.40. The van der Waals surface area contributed by atoms with Crippen LogP contribution in [-0.2, 0) is 0 Å². The van der Waals surface area contributed by atoms with Crippen LogP contribution in [0, 0.1) is 5.92 Å². The lowest BCUT2D eigenvalue weighted by Crippen LogP contribution is -2.43. The molecule has 0 aromatic carbocycles. The van der Waals surface area contributed by atoms with E-state index in [-0.39, 0.29) is 6.54 Å². The van der Waals surface area contributed by atoms with Crippen molar-refractivity contribution in [1.82, 2.24) is 4.31 Å². The normalized spacial score (nSPS) is 29.0. The highest BCUT2D eigenvalue weighted by Crippen LogP contribution is 2.32. The monoisotopic (exact) mass is 197 g/mol. The summed E-state index contributed by atoms with van der Waals surface area (Å²) in [5.74, 6) is -3.03. The van der Waals surface area contributed by atoms with E-state index >= 15 is 0 Å². The van der Waals surface area contributed by atoms with Crippen molar-refractivity contribution in [3.8, 4) is 0 Å². The molecule has 0 bridgehead atoms. The van der Waals surface area contributed by atoms with Gasteiger partial charge in [-0.15, -0.1) is 0 Å². The molecule has 1 fully saturated rings. The summed E-state index contributed by atoms with van der Waals surface area (Å²) < 4.78 is 26.9. The van der Waals surface area contributed by atoms with Crippen molar-refractivity contribution in [3.05, 3.63) is 0 Å². The van der Waals surface area contributed by atoms with Crippen LogP contribution >= 0.6 is 12.8 Å².